The summed E-state index contributed by atoms with van der Waals surface area (Å²) in [7, 11) is 0. The first kappa shape index (κ1) is 24.8. The summed E-state index contributed by atoms with van der Waals surface area (Å²) in [6.07, 6.45) is 10.9. The molecule has 0 aliphatic carbocycles. The molecule has 0 bridgehead atoms. The van der Waals surface area contributed by atoms with E-state index < -0.39 is 6.04 Å². The minimum absolute atomic E-state index is 0.0403. The molecule has 1 aromatic carbocycles. The molecule has 0 saturated heterocycles. The first-order valence-corrected chi connectivity index (χ1v) is 12.9. The molecule has 0 spiro atoms. The van der Waals surface area contributed by atoms with Crippen molar-refractivity contribution in [3.8, 4) is 5.69 Å². The van der Waals surface area contributed by atoms with Crippen LogP contribution in [0.3, 0.4) is 0 Å². The molecule has 186 valence electrons. The predicted octanol–water partition coefficient (Wildman–Crippen LogP) is 6.49. The maximum atomic E-state index is 13.9. The lowest BCUT2D eigenvalue weighted by Gasteiger charge is -2.38. The Balaban J connectivity index is 1.56. The Bertz CT molecular complexity index is 1120. The highest BCUT2D eigenvalue weighted by Gasteiger charge is 2.38. The first-order valence-electron chi connectivity index (χ1n) is 12.9. The Morgan fingerprint density at radius 3 is 2.40 bits per heavy atom. The fourth-order valence-corrected chi connectivity index (χ4v) is 4.96. The number of hydrogen-bond donors (Lipinski definition) is 0. The summed E-state index contributed by atoms with van der Waals surface area (Å²) < 4.78 is 7.91. The number of para-hydroxylation sites is 2. The standard InChI is InChI=1S/C29H37N3O3/c1-4-5-6-7-8-9-18-27(33)31(22(2)3)21-28(34)32-24-15-11-10-14-23(24)30-19-12-16-25(30)29(32)26-17-13-20-35-26/h10-17,19-20,22,29H,4-9,18,21H2,1-3H3. The van der Waals surface area contributed by atoms with Gasteiger partial charge in [-0.25, -0.2) is 0 Å². The summed E-state index contributed by atoms with van der Waals surface area (Å²) in [6.45, 7) is 6.20. The summed E-state index contributed by atoms with van der Waals surface area (Å²) >= 11 is 0. The van der Waals surface area contributed by atoms with Gasteiger partial charge in [-0.2, -0.15) is 0 Å². The van der Waals surface area contributed by atoms with Crippen molar-refractivity contribution in [2.75, 3.05) is 11.4 Å². The van der Waals surface area contributed by atoms with Crippen LogP contribution >= 0.6 is 0 Å². The molecule has 6 heteroatoms. The Labute approximate surface area is 208 Å². The van der Waals surface area contributed by atoms with Crippen molar-refractivity contribution < 1.29 is 14.0 Å². The molecule has 1 atom stereocenters. The molecule has 4 rings (SSSR count). The summed E-state index contributed by atoms with van der Waals surface area (Å²) in [5.41, 5.74) is 2.72. The minimum atomic E-state index is -0.398. The van der Waals surface area contributed by atoms with Crippen molar-refractivity contribution in [3.05, 3.63) is 72.4 Å². The fraction of sp³-hybridized carbons (Fsp3) is 0.448. The monoisotopic (exact) mass is 475 g/mol. The maximum Gasteiger partial charge on any atom is 0.247 e. The van der Waals surface area contributed by atoms with Crippen molar-refractivity contribution in [3.63, 3.8) is 0 Å². The second-order valence-corrected chi connectivity index (χ2v) is 9.61. The molecule has 1 aliphatic rings. The number of anilines is 1. The number of hydrogen-bond acceptors (Lipinski definition) is 3. The average Bonchev–Trinajstić information content (AvgIpc) is 3.56. The third-order valence-electron chi connectivity index (χ3n) is 6.79. The lowest BCUT2D eigenvalue weighted by molar-refractivity contribution is -0.137. The zero-order valence-electron chi connectivity index (χ0n) is 21.2. The number of rotatable bonds is 11. The SMILES string of the molecule is CCCCCCCCC(=O)N(CC(=O)N1c2ccccc2-n2cccc2C1c1ccco1)C(C)C. The van der Waals surface area contributed by atoms with Gasteiger partial charge in [0.1, 0.15) is 18.3 Å². The number of amides is 2. The maximum absolute atomic E-state index is 13.9. The lowest BCUT2D eigenvalue weighted by Crippen LogP contribution is -2.48. The van der Waals surface area contributed by atoms with E-state index >= 15 is 0 Å². The lowest BCUT2D eigenvalue weighted by atomic mass is 10.0. The number of furan rings is 1. The number of nitrogens with zero attached hydrogens (tertiary/aromatic N) is 3. The molecule has 3 heterocycles. The zero-order chi connectivity index (χ0) is 24.8. The second kappa shape index (κ2) is 11.4. The Morgan fingerprint density at radius 2 is 1.69 bits per heavy atom. The van der Waals surface area contributed by atoms with E-state index in [1.54, 1.807) is 16.1 Å². The van der Waals surface area contributed by atoms with Crippen molar-refractivity contribution >= 4 is 17.5 Å². The van der Waals surface area contributed by atoms with Gasteiger partial charge in [0.05, 0.1) is 23.3 Å². The van der Waals surface area contributed by atoms with Gasteiger partial charge < -0.3 is 13.9 Å². The summed E-state index contributed by atoms with van der Waals surface area (Å²) in [4.78, 5) is 30.6. The molecule has 2 amide bonds. The van der Waals surface area contributed by atoms with E-state index in [1.807, 2.05) is 68.6 Å². The summed E-state index contributed by atoms with van der Waals surface area (Å²) in [6, 6.07) is 15.2. The molecule has 0 N–H and O–H groups in total. The first-order chi connectivity index (χ1) is 17.0. The van der Waals surface area contributed by atoms with Crippen LogP contribution in [0.5, 0.6) is 0 Å². The van der Waals surface area contributed by atoms with Crippen molar-refractivity contribution in [2.45, 2.75) is 77.8 Å². The summed E-state index contributed by atoms with van der Waals surface area (Å²) in [5, 5.41) is 0. The van der Waals surface area contributed by atoms with E-state index in [-0.39, 0.29) is 24.4 Å². The molecule has 2 aromatic heterocycles. The third kappa shape index (κ3) is 5.37. The number of carbonyl (C=O) groups is 2. The average molecular weight is 476 g/mol. The fourth-order valence-electron chi connectivity index (χ4n) is 4.96. The number of aromatic nitrogens is 1. The number of benzene rings is 1. The van der Waals surface area contributed by atoms with Gasteiger partial charge in [0.15, 0.2) is 0 Å². The molecule has 0 fully saturated rings. The van der Waals surface area contributed by atoms with Crippen LogP contribution in [0.2, 0.25) is 0 Å². The minimum Gasteiger partial charge on any atom is -0.467 e. The summed E-state index contributed by atoms with van der Waals surface area (Å²) in [5.74, 6) is 0.630. The van der Waals surface area contributed by atoms with Crippen molar-refractivity contribution in [1.29, 1.82) is 0 Å². The van der Waals surface area contributed by atoms with Crippen LogP contribution in [0, 0.1) is 0 Å². The number of unbranched alkanes of at least 4 members (excludes halogenated alkanes) is 5. The molecule has 1 aliphatic heterocycles. The molecule has 35 heavy (non-hydrogen) atoms. The molecule has 6 nitrogen and oxygen atoms in total. The highest BCUT2D eigenvalue weighted by atomic mass is 16.3. The quantitative estimate of drug-likeness (QED) is 0.298. The number of carbonyl (C=O) groups excluding carboxylic acids is 2. The molecule has 3 aromatic rings. The molecule has 0 radical (unpaired) electrons. The largest absolute Gasteiger partial charge is 0.467 e. The van der Waals surface area contributed by atoms with Crippen LogP contribution in [-0.2, 0) is 9.59 Å². The van der Waals surface area contributed by atoms with Gasteiger partial charge in [-0.15, -0.1) is 0 Å². The zero-order valence-corrected chi connectivity index (χ0v) is 21.2. The van der Waals surface area contributed by atoms with Gasteiger partial charge in [-0.1, -0.05) is 51.2 Å². The third-order valence-corrected chi connectivity index (χ3v) is 6.79. The van der Waals surface area contributed by atoms with Crippen molar-refractivity contribution in [2.24, 2.45) is 0 Å². The second-order valence-electron chi connectivity index (χ2n) is 9.61. The topological polar surface area (TPSA) is 58.7 Å². The predicted molar refractivity (Wildman–Crippen MR) is 139 cm³/mol. The van der Waals surface area contributed by atoms with E-state index in [9.17, 15) is 9.59 Å². The van der Waals surface area contributed by atoms with E-state index in [4.69, 9.17) is 4.42 Å². The van der Waals surface area contributed by atoms with Crippen LogP contribution < -0.4 is 4.90 Å². The van der Waals surface area contributed by atoms with Gasteiger partial charge in [0.2, 0.25) is 11.8 Å². The highest BCUT2D eigenvalue weighted by molar-refractivity contribution is 6.00. The van der Waals surface area contributed by atoms with Crippen LogP contribution in [0.15, 0.2) is 65.4 Å². The molecule has 1 unspecified atom stereocenters. The molecular formula is C29H37N3O3. The van der Waals surface area contributed by atoms with Gasteiger partial charge in [0.25, 0.3) is 0 Å². The van der Waals surface area contributed by atoms with Crippen LogP contribution in [0.1, 0.15) is 83.2 Å². The van der Waals surface area contributed by atoms with Gasteiger partial charge in [0, 0.05) is 18.7 Å². The molecule has 0 saturated carbocycles. The normalized spacial score (nSPS) is 14.6. The van der Waals surface area contributed by atoms with Gasteiger partial charge in [-0.05, 0) is 56.7 Å². The van der Waals surface area contributed by atoms with Crippen LogP contribution in [0.25, 0.3) is 5.69 Å². The van der Waals surface area contributed by atoms with E-state index in [0.29, 0.717) is 12.2 Å². The Kier molecular flexibility index (Phi) is 8.11. The number of fused-ring (bicyclic) bond motifs is 3. The van der Waals surface area contributed by atoms with Crippen LogP contribution in [0.4, 0.5) is 5.69 Å². The molecular weight excluding hydrogens is 438 g/mol. The van der Waals surface area contributed by atoms with E-state index in [2.05, 4.69) is 11.5 Å². The van der Waals surface area contributed by atoms with Gasteiger partial charge >= 0.3 is 0 Å². The van der Waals surface area contributed by atoms with Crippen molar-refractivity contribution in [1.82, 2.24) is 9.47 Å². The Morgan fingerprint density at radius 1 is 0.943 bits per heavy atom. The van der Waals surface area contributed by atoms with E-state index in [0.717, 1.165) is 36.3 Å². The smallest absolute Gasteiger partial charge is 0.247 e. The van der Waals surface area contributed by atoms with E-state index in [1.165, 1.54) is 19.3 Å². The Hall–Kier alpha value is -3.28. The van der Waals surface area contributed by atoms with Gasteiger partial charge in [-0.3, -0.25) is 14.5 Å². The van der Waals surface area contributed by atoms with Crippen LogP contribution in [-0.4, -0.2) is 33.9 Å². The highest BCUT2D eigenvalue weighted by Crippen LogP contribution is 2.42.